The lowest BCUT2D eigenvalue weighted by atomic mass is 10.1. The Morgan fingerprint density at radius 1 is 1.29 bits per heavy atom. The van der Waals surface area contributed by atoms with E-state index in [4.69, 9.17) is 16.6 Å². The fourth-order valence-corrected chi connectivity index (χ4v) is 2.98. The van der Waals surface area contributed by atoms with Crippen LogP contribution in [0.2, 0.25) is 0 Å². The molecule has 0 spiro atoms. The first kappa shape index (κ1) is 14.0. The van der Waals surface area contributed by atoms with Crippen molar-refractivity contribution < 1.29 is 9.21 Å². The third kappa shape index (κ3) is 2.63. The number of hydrogen-bond acceptors (Lipinski definition) is 4. The molecule has 0 aliphatic carbocycles. The lowest BCUT2D eigenvalue weighted by molar-refractivity contribution is 0.0693. The van der Waals surface area contributed by atoms with Crippen molar-refractivity contribution in [2.75, 3.05) is 0 Å². The molecule has 6 heteroatoms. The zero-order valence-corrected chi connectivity index (χ0v) is 12.8. The molecule has 1 aliphatic rings. The molecule has 3 rings (SSSR count). The third-order valence-corrected chi connectivity index (χ3v) is 4.18. The van der Waals surface area contributed by atoms with Crippen LogP contribution < -0.4 is 0 Å². The van der Waals surface area contributed by atoms with E-state index in [0.29, 0.717) is 23.5 Å². The predicted octanol–water partition coefficient (Wildman–Crippen LogP) is 3.41. The van der Waals surface area contributed by atoms with E-state index >= 15 is 0 Å². The topological polar surface area (TPSA) is 62.1 Å². The number of aromatic nitrogens is 2. The van der Waals surface area contributed by atoms with Crippen molar-refractivity contribution in [2.45, 2.75) is 38.8 Å². The van der Waals surface area contributed by atoms with Crippen LogP contribution in [-0.4, -0.2) is 33.1 Å². The van der Waals surface area contributed by atoms with Gasteiger partial charge in [0.15, 0.2) is 0 Å². The van der Waals surface area contributed by atoms with E-state index in [1.54, 1.807) is 0 Å². The Labute approximate surface area is 128 Å². The van der Waals surface area contributed by atoms with Gasteiger partial charge in [0.1, 0.15) is 0 Å². The van der Waals surface area contributed by atoms with Crippen LogP contribution in [0.1, 0.15) is 37.0 Å². The lowest BCUT2D eigenvalue weighted by Crippen LogP contribution is -2.38. The first-order chi connectivity index (χ1) is 10.1. The quantitative estimate of drug-likeness (QED) is 0.864. The summed E-state index contributed by atoms with van der Waals surface area (Å²) in [5, 5.41) is 6.55. The zero-order valence-electron chi connectivity index (χ0n) is 12.0. The van der Waals surface area contributed by atoms with E-state index in [9.17, 15) is 4.79 Å². The first-order valence-electron chi connectivity index (χ1n) is 7.05. The standard InChI is InChI=1S/C15H17N3O2S/c1-9-3-4-10(2)18(9)14(19)12-7-5-11(6-8-12)13-16-17-15(21)20-13/h5-10H,3-4H2,1-2H3,(H,17,21)/t9-,10-/m1/s1. The number of nitrogens with zero attached hydrogens (tertiary/aromatic N) is 2. The number of carbonyl (C=O) groups excluding carboxylic acids is 1. The van der Waals surface area contributed by atoms with Crippen LogP contribution >= 0.6 is 12.2 Å². The largest absolute Gasteiger partial charge is 0.409 e. The zero-order chi connectivity index (χ0) is 15.0. The Morgan fingerprint density at radius 2 is 1.90 bits per heavy atom. The molecule has 110 valence electrons. The highest BCUT2D eigenvalue weighted by atomic mass is 32.1. The van der Waals surface area contributed by atoms with Gasteiger partial charge in [-0.05, 0) is 63.2 Å². The Balaban J connectivity index is 1.84. The lowest BCUT2D eigenvalue weighted by Gasteiger charge is -2.26. The number of rotatable bonds is 2. The summed E-state index contributed by atoms with van der Waals surface area (Å²) in [6, 6.07) is 7.87. The van der Waals surface area contributed by atoms with Gasteiger partial charge in [0.05, 0.1) is 0 Å². The minimum atomic E-state index is 0.0852. The highest BCUT2D eigenvalue weighted by molar-refractivity contribution is 7.71. The average molecular weight is 303 g/mol. The molecular formula is C15H17N3O2S. The van der Waals surface area contributed by atoms with Gasteiger partial charge in [0.25, 0.3) is 10.7 Å². The van der Waals surface area contributed by atoms with Crippen LogP contribution in [0.4, 0.5) is 0 Å². The van der Waals surface area contributed by atoms with Gasteiger partial charge in [0, 0.05) is 23.2 Å². The second kappa shape index (κ2) is 5.44. The van der Waals surface area contributed by atoms with Crippen molar-refractivity contribution in [2.24, 2.45) is 0 Å². The smallest absolute Gasteiger partial charge is 0.284 e. The number of benzene rings is 1. The first-order valence-corrected chi connectivity index (χ1v) is 7.45. The highest BCUT2D eigenvalue weighted by Crippen LogP contribution is 2.26. The van der Waals surface area contributed by atoms with Gasteiger partial charge in [-0.25, -0.2) is 5.10 Å². The molecule has 0 saturated carbocycles. The molecule has 2 atom stereocenters. The van der Waals surface area contributed by atoms with Crippen molar-refractivity contribution in [3.8, 4) is 11.5 Å². The molecule has 1 fully saturated rings. The fraction of sp³-hybridized carbons (Fsp3) is 0.400. The van der Waals surface area contributed by atoms with Gasteiger partial charge in [-0.15, -0.1) is 5.10 Å². The summed E-state index contributed by atoms with van der Waals surface area (Å²) in [5.41, 5.74) is 1.48. The molecule has 5 nitrogen and oxygen atoms in total. The summed E-state index contributed by atoms with van der Waals surface area (Å²) < 4.78 is 5.26. The summed E-state index contributed by atoms with van der Waals surface area (Å²) >= 11 is 4.85. The Kier molecular flexibility index (Phi) is 3.63. The van der Waals surface area contributed by atoms with Crippen LogP contribution in [0, 0.1) is 4.84 Å². The normalized spacial score (nSPS) is 21.7. The maximum Gasteiger partial charge on any atom is 0.284 e. The molecular weight excluding hydrogens is 286 g/mol. The third-order valence-electron chi connectivity index (χ3n) is 4.00. The van der Waals surface area contributed by atoms with E-state index in [1.807, 2.05) is 29.2 Å². The molecule has 1 amide bonds. The van der Waals surface area contributed by atoms with E-state index in [-0.39, 0.29) is 10.7 Å². The maximum atomic E-state index is 12.6. The summed E-state index contributed by atoms with van der Waals surface area (Å²) in [6.45, 7) is 4.20. The highest BCUT2D eigenvalue weighted by Gasteiger charge is 2.31. The molecule has 0 radical (unpaired) electrons. The molecule has 2 aromatic rings. The molecule has 0 unspecified atom stereocenters. The minimum Gasteiger partial charge on any atom is -0.409 e. The van der Waals surface area contributed by atoms with E-state index < -0.39 is 0 Å². The number of hydrogen-bond donors (Lipinski definition) is 1. The number of aromatic amines is 1. The average Bonchev–Trinajstić information content (AvgIpc) is 3.05. The molecule has 1 aromatic heterocycles. The van der Waals surface area contributed by atoms with E-state index in [2.05, 4.69) is 24.0 Å². The van der Waals surface area contributed by atoms with Crippen molar-refractivity contribution in [1.29, 1.82) is 0 Å². The second-order valence-corrected chi connectivity index (χ2v) is 5.85. The van der Waals surface area contributed by atoms with Gasteiger partial charge < -0.3 is 9.32 Å². The molecule has 0 bridgehead atoms. The van der Waals surface area contributed by atoms with Crippen molar-refractivity contribution in [1.82, 2.24) is 15.1 Å². The Hall–Kier alpha value is -1.95. The number of H-pyrrole nitrogens is 1. The van der Waals surface area contributed by atoms with Crippen molar-refractivity contribution in [3.05, 3.63) is 34.7 Å². The molecule has 1 aliphatic heterocycles. The van der Waals surface area contributed by atoms with Gasteiger partial charge in [-0.2, -0.15) is 0 Å². The van der Waals surface area contributed by atoms with Crippen LogP contribution in [0.25, 0.3) is 11.5 Å². The fourth-order valence-electron chi connectivity index (χ4n) is 2.85. The van der Waals surface area contributed by atoms with Crippen LogP contribution in [-0.2, 0) is 0 Å². The van der Waals surface area contributed by atoms with Crippen molar-refractivity contribution in [3.63, 3.8) is 0 Å². The second-order valence-electron chi connectivity index (χ2n) is 5.48. The summed E-state index contributed by atoms with van der Waals surface area (Å²) in [4.78, 5) is 14.8. The molecule has 2 heterocycles. The van der Waals surface area contributed by atoms with Crippen LogP contribution in [0.15, 0.2) is 28.7 Å². The molecule has 1 N–H and O–H groups in total. The Bertz CT molecular complexity index is 694. The number of likely N-dealkylation sites (tertiary alicyclic amines) is 1. The maximum absolute atomic E-state index is 12.6. The Morgan fingerprint density at radius 3 is 2.43 bits per heavy atom. The minimum absolute atomic E-state index is 0.0852. The number of carbonyl (C=O) groups is 1. The van der Waals surface area contributed by atoms with Gasteiger partial charge in [-0.3, -0.25) is 4.79 Å². The number of amides is 1. The van der Waals surface area contributed by atoms with Crippen LogP contribution in [0.3, 0.4) is 0 Å². The monoisotopic (exact) mass is 303 g/mol. The molecule has 1 saturated heterocycles. The summed E-state index contributed by atoms with van der Waals surface area (Å²) in [7, 11) is 0. The summed E-state index contributed by atoms with van der Waals surface area (Å²) in [5.74, 6) is 0.517. The molecule has 21 heavy (non-hydrogen) atoms. The van der Waals surface area contributed by atoms with Crippen molar-refractivity contribution >= 4 is 18.1 Å². The SMILES string of the molecule is C[C@@H]1CC[C@@H](C)N1C(=O)c1ccc(-c2n[nH]c(=S)o2)cc1. The van der Waals surface area contributed by atoms with Gasteiger partial charge in [0.2, 0.25) is 5.89 Å². The van der Waals surface area contributed by atoms with Gasteiger partial charge >= 0.3 is 0 Å². The van der Waals surface area contributed by atoms with Crippen LogP contribution in [0.5, 0.6) is 0 Å². The summed E-state index contributed by atoms with van der Waals surface area (Å²) in [6.07, 6.45) is 2.14. The number of nitrogens with one attached hydrogen (secondary N) is 1. The molecule has 1 aromatic carbocycles. The van der Waals surface area contributed by atoms with E-state index in [0.717, 1.165) is 18.4 Å². The predicted molar refractivity (Wildman–Crippen MR) is 81.5 cm³/mol. The van der Waals surface area contributed by atoms with E-state index in [1.165, 1.54) is 0 Å². The van der Waals surface area contributed by atoms with Gasteiger partial charge in [-0.1, -0.05) is 0 Å².